The van der Waals surface area contributed by atoms with E-state index in [1.807, 2.05) is 11.3 Å². The average molecular weight is 282 g/mol. The summed E-state index contributed by atoms with van der Waals surface area (Å²) in [5.74, 6) is 0. The van der Waals surface area contributed by atoms with E-state index in [9.17, 15) is 0 Å². The second kappa shape index (κ2) is 5.92. The zero-order chi connectivity index (χ0) is 14.0. The van der Waals surface area contributed by atoms with Gasteiger partial charge in [0.1, 0.15) is 0 Å². The van der Waals surface area contributed by atoms with E-state index in [4.69, 9.17) is 10.5 Å². The maximum absolute atomic E-state index is 6.04. The predicted molar refractivity (Wildman–Crippen MR) is 81.7 cm³/mol. The van der Waals surface area contributed by atoms with Crippen LogP contribution in [0.2, 0.25) is 0 Å². The summed E-state index contributed by atoms with van der Waals surface area (Å²) in [6.07, 6.45) is 1.37. The molecule has 19 heavy (non-hydrogen) atoms. The molecule has 2 heterocycles. The van der Waals surface area contributed by atoms with Crippen molar-refractivity contribution in [2.75, 3.05) is 19.6 Å². The summed E-state index contributed by atoms with van der Waals surface area (Å²) in [7, 11) is 0. The van der Waals surface area contributed by atoms with E-state index in [-0.39, 0.29) is 11.7 Å². The van der Waals surface area contributed by atoms with E-state index >= 15 is 0 Å². The maximum atomic E-state index is 6.04. The second-order valence-electron chi connectivity index (χ2n) is 6.03. The summed E-state index contributed by atoms with van der Waals surface area (Å²) in [5, 5.41) is 0. The van der Waals surface area contributed by atoms with Crippen LogP contribution in [-0.4, -0.2) is 36.2 Å². The Morgan fingerprint density at radius 3 is 2.79 bits per heavy atom. The smallest absolute Gasteiger partial charge is 0.0757 e. The maximum Gasteiger partial charge on any atom is 0.0757 e. The van der Waals surface area contributed by atoms with E-state index < -0.39 is 0 Å². The minimum Gasteiger partial charge on any atom is -0.370 e. The Labute approximate surface area is 120 Å². The molecule has 0 saturated carbocycles. The molecule has 0 bridgehead atoms. The SMILES string of the molecule is CCc1ccc(C(CN)N2CC(C)OC(C)(C)C2)s1. The summed E-state index contributed by atoms with van der Waals surface area (Å²) < 4.78 is 5.98. The molecule has 1 aromatic rings. The van der Waals surface area contributed by atoms with Crippen molar-refractivity contribution < 1.29 is 4.74 Å². The van der Waals surface area contributed by atoms with Gasteiger partial charge in [0.15, 0.2) is 0 Å². The van der Waals surface area contributed by atoms with E-state index in [0.29, 0.717) is 12.6 Å². The summed E-state index contributed by atoms with van der Waals surface area (Å²) in [4.78, 5) is 5.32. The first-order valence-electron chi connectivity index (χ1n) is 7.15. The molecule has 2 atom stereocenters. The number of morpholine rings is 1. The Morgan fingerprint density at radius 2 is 2.26 bits per heavy atom. The lowest BCUT2D eigenvalue weighted by Crippen LogP contribution is -2.53. The number of hydrogen-bond donors (Lipinski definition) is 1. The van der Waals surface area contributed by atoms with Gasteiger partial charge in [-0.2, -0.15) is 0 Å². The Balaban J connectivity index is 2.16. The Hall–Kier alpha value is -0.420. The van der Waals surface area contributed by atoms with Gasteiger partial charge in [0.25, 0.3) is 0 Å². The van der Waals surface area contributed by atoms with Crippen LogP contribution in [0.1, 0.15) is 43.5 Å². The van der Waals surface area contributed by atoms with Crippen molar-refractivity contribution in [3.63, 3.8) is 0 Å². The molecule has 0 aromatic carbocycles. The minimum absolute atomic E-state index is 0.0874. The van der Waals surface area contributed by atoms with Crippen LogP contribution < -0.4 is 5.73 Å². The second-order valence-corrected chi connectivity index (χ2v) is 7.23. The molecule has 2 rings (SSSR count). The third-order valence-corrected chi connectivity index (χ3v) is 4.95. The van der Waals surface area contributed by atoms with Gasteiger partial charge in [-0.3, -0.25) is 4.90 Å². The molecular weight excluding hydrogens is 256 g/mol. The number of rotatable bonds is 4. The normalized spacial score (nSPS) is 25.4. The van der Waals surface area contributed by atoms with Crippen molar-refractivity contribution in [1.82, 2.24) is 4.90 Å². The molecule has 4 heteroatoms. The largest absolute Gasteiger partial charge is 0.370 e. The quantitative estimate of drug-likeness (QED) is 0.923. The minimum atomic E-state index is -0.0874. The van der Waals surface area contributed by atoms with Crippen molar-refractivity contribution in [2.24, 2.45) is 5.73 Å². The van der Waals surface area contributed by atoms with Crippen molar-refractivity contribution in [3.8, 4) is 0 Å². The molecular formula is C15H26N2OS. The molecule has 1 aliphatic heterocycles. The molecule has 108 valence electrons. The molecule has 0 aliphatic carbocycles. The third kappa shape index (κ3) is 3.57. The summed E-state index contributed by atoms with van der Waals surface area (Å²) >= 11 is 1.90. The van der Waals surface area contributed by atoms with E-state index in [1.54, 1.807) is 0 Å². The number of thiophene rings is 1. The molecule has 2 unspecified atom stereocenters. The highest BCUT2D eigenvalue weighted by Gasteiger charge is 2.35. The molecule has 1 saturated heterocycles. The van der Waals surface area contributed by atoms with Gasteiger partial charge in [-0.25, -0.2) is 0 Å². The fourth-order valence-electron chi connectivity index (χ4n) is 2.95. The van der Waals surface area contributed by atoms with Crippen LogP contribution in [0.3, 0.4) is 0 Å². The fourth-order valence-corrected chi connectivity index (χ4v) is 4.05. The lowest BCUT2D eigenvalue weighted by atomic mass is 10.0. The first-order chi connectivity index (χ1) is 8.95. The molecule has 3 nitrogen and oxygen atoms in total. The van der Waals surface area contributed by atoms with Crippen LogP contribution in [0, 0.1) is 0 Å². The summed E-state index contributed by atoms with van der Waals surface area (Å²) in [5.41, 5.74) is 5.96. The van der Waals surface area contributed by atoms with Crippen molar-refractivity contribution in [2.45, 2.75) is 51.9 Å². The molecule has 1 aromatic heterocycles. The van der Waals surface area contributed by atoms with Gasteiger partial charge in [-0.15, -0.1) is 11.3 Å². The van der Waals surface area contributed by atoms with Crippen LogP contribution in [0.15, 0.2) is 12.1 Å². The Bertz CT molecular complexity index is 416. The molecule has 2 N–H and O–H groups in total. The Kier molecular flexibility index (Phi) is 4.66. The molecule has 0 amide bonds. The lowest BCUT2D eigenvalue weighted by molar-refractivity contribution is -0.137. The lowest BCUT2D eigenvalue weighted by Gasteiger charge is -2.44. The van der Waals surface area contributed by atoms with Crippen molar-refractivity contribution >= 4 is 11.3 Å². The average Bonchev–Trinajstić information content (AvgIpc) is 2.76. The third-order valence-electron chi connectivity index (χ3n) is 3.62. The van der Waals surface area contributed by atoms with Crippen LogP contribution in [0.5, 0.6) is 0 Å². The highest BCUT2D eigenvalue weighted by molar-refractivity contribution is 7.12. The van der Waals surface area contributed by atoms with E-state index in [1.165, 1.54) is 9.75 Å². The Morgan fingerprint density at radius 1 is 1.53 bits per heavy atom. The molecule has 1 fully saturated rings. The highest BCUT2D eigenvalue weighted by atomic mass is 32.1. The van der Waals surface area contributed by atoms with Crippen LogP contribution in [0.4, 0.5) is 0 Å². The van der Waals surface area contributed by atoms with Gasteiger partial charge < -0.3 is 10.5 Å². The first kappa shape index (κ1) is 15.0. The highest BCUT2D eigenvalue weighted by Crippen LogP contribution is 2.32. The summed E-state index contributed by atoms with van der Waals surface area (Å²) in [6, 6.07) is 4.81. The fraction of sp³-hybridized carbons (Fsp3) is 0.733. The number of hydrogen-bond acceptors (Lipinski definition) is 4. The molecule has 1 aliphatic rings. The zero-order valence-electron chi connectivity index (χ0n) is 12.5. The van der Waals surface area contributed by atoms with Crippen molar-refractivity contribution in [3.05, 3.63) is 21.9 Å². The number of aryl methyl sites for hydroxylation is 1. The first-order valence-corrected chi connectivity index (χ1v) is 7.97. The van der Waals surface area contributed by atoms with Crippen LogP contribution in [-0.2, 0) is 11.2 Å². The monoisotopic (exact) mass is 282 g/mol. The van der Waals surface area contributed by atoms with Crippen LogP contribution >= 0.6 is 11.3 Å². The van der Waals surface area contributed by atoms with Gasteiger partial charge in [-0.1, -0.05) is 6.92 Å². The number of nitrogens with zero attached hydrogens (tertiary/aromatic N) is 1. The van der Waals surface area contributed by atoms with Crippen LogP contribution in [0.25, 0.3) is 0 Å². The van der Waals surface area contributed by atoms with E-state index in [2.05, 4.69) is 44.7 Å². The number of nitrogens with two attached hydrogens (primary N) is 1. The standard InChI is InChI=1S/C15H26N2OS/c1-5-12-6-7-14(19-12)13(8-16)17-9-11(2)18-15(3,4)10-17/h6-7,11,13H,5,8-10,16H2,1-4H3. The van der Waals surface area contributed by atoms with Gasteiger partial charge in [-0.05, 0) is 39.3 Å². The van der Waals surface area contributed by atoms with Gasteiger partial charge in [0, 0.05) is 29.4 Å². The topological polar surface area (TPSA) is 38.5 Å². The predicted octanol–water partition coefficient (Wildman–Crippen LogP) is 2.81. The van der Waals surface area contributed by atoms with Gasteiger partial charge in [0.05, 0.1) is 17.7 Å². The van der Waals surface area contributed by atoms with E-state index in [0.717, 1.165) is 19.5 Å². The van der Waals surface area contributed by atoms with Gasteiger partial charge in [0.2, 0.25) is 0 Å². The summed E-state index contributed by atoms with van der Waals surface area (Å²) in [6.45, 7) is 11.3. The van der Waals surface area contributed by atoms with Gasteiger partial charge >= 0.3 is 0 Å². The molecule has 0 radical (unpaired) electrons. The number of ether oxygens (including phenoxy) is 1. The molecule has 0 spiro atoms. The zero-order valence-corrected chi connectivity index (χ0v) is 13.3. The van der Waals surface area contributed by atoms with Crippen molar-refractivity contribution in [1.29, 1.82) is 0 Å².